The first kappa shape index (κ1) is 36.3. The van der Waals surface area contributed by atoms with Crippen molar-refractivity contribution in [1.29, 1.82) is 0 Å². The minimum absolute atomic E-state index is 0.0603. The number of nitrogens with one attached hydrogen (secondary N) is 1. The number of carbonyl (C=O) groups excluding carboxylic acids is 3. The molecule has 1 N–H and O–H groups in total. The Morgan fingerprint density at radius 1 is 0.789 bits per heavy atom. The molecule has 57 heavy (non-hydrogen) atoms. The van der Waals surface area contributed by atoms with Crippen molar-refractivity contribution in [3.05, 3.63) is 171 Å². The molecular weight excluding hydrogens is 734 g/mol. The van der Waals surface area contributed by atoms with Crippen LogP contribution in [-0.2, 0) is 16.2 Å². The number of hydrogen-bond acceptors (Lipinski definition) is 6. The summed E-state index contributed by atoms with van der Waals surface area (Å²) in [6, 6.07) is 39.4. The van der Waals surface area contributed by atoms with Crippen LogP contribution in [0.4, 0.5) is 16.2 Å². The van der Waals surface area contributed by atoms with Crippen LogP contribution in [0.1, 0.15) is 63.6 Å². The number of fused-ring (bicyclic) bond motifs is 1. The van der Waals surface area contributed by atoms with Crippen molar-refractivity contribution in [2.75, 3.05) is 30.0 Å². The third-order valence-electron chi connectivity index (χ3n) is 11.6. The van der Waals surface area contributed by atoms with Crippen molar-refractivity contribution in [2.45, 2.75) is 38.2 Å². The minimum atomic E-state index is -0.798. The summed E-state index contributed by atoms with van der Waals surface area (Å²) in [5.74, 6) is -0.731. The molecule has 4 amide bonds. The molecule has 0 saturated carbocycles. The number of carbonyl (C=O) groups is 3. The minimum Gasteiger partial charge on any atom is -0.493 e. The Kier molecular flexibility index (Phi) is 9.50. The van der Waals surface area contributed by atoms with Crippen molar-refractivity contribution in [1.82, 2.24) is 5.32 Å². The molecular formula is C48H40ClN3O5. The van der Waals surface area contributed by atoms with E-state index in [0.717, 1.165) is 69.5 Å². The van der Waals surface area contributed by atoms with E-state index in [-0.39, 0.29) is 29.0 Å². The summed E-state index contributed by atoms with van der Waals surface area (Å²) < 4.78 is 12.0. The molecule has 9 heteroatoms. The summed E-state index contributed by atoms with van der Waals surface area (Å²) in [5.41, 5.74) is 8.39. The molecule has 1 fully saturated rings. The Morgan fingerprint density at radius 2 is 1.42 bits per heavy atom. The third kappa shape index (κ3) is 6.60. The lowest BCUT2D eigenvalue weighted by molar-refractivity contribution is -0.122. The Morgan fingerprint density at radius 3 is 2.07 bits per heavy atom. The molecule has 0 spiro atoms. The van der Waals surface area contributed by atoms with E-state index in [1.54, 1.807) is 12.1 Å². The standard InChI is InChI=1S/C48H40ClN3O5/c1-29-17-18-33-15-9-10-16-35(33)41(29)28-57-45-42(49)24-30(25-43(45)56-2)23-40-46(53)50-48(55)52(47(40)54)34-26-38-36(31-11-5-3-6-12-31)19-21-51-22-20-37(39(27-34)44(38)51)32-13-7-4-8-14-32/h3-18,23-27,36-37H,19-22,28H2,1-2H3,(H,50,53,55)/b40-23+/t36-,37-/m0/s1. The number of urea groups is 1. The van der Waals surface area contributed by atoms with E-state index in [1.165, 1.54) is 24.3 Å². The highest BCUT2D eigenvalue weighted by atomic mass is 35.5. The zero-order valence-electron chi connectivity index (χ0n) is 31.6. The number of anilines is 2. The number of hydrogen-bond donors (Lipinski definition) is 1. The highest BCUT2D eigenvalue weighted by Gasteiger charge is 2.40. The summed E-state index contributed by atoms with van der Waals surface area (Å²) in [7, 11) is 1.51. The molecule has 0 aromatic heterocycles. The van der Waals surface area contributed by atoms with E-state index >= 15 is 0 Å². The van der Waals surface area contributed by atoms with Crippen molar-refractivity contribution in [2.24, 2.45) is 0 Å². The smallest absolute Gasteiger partial charge is 0.335 e. The lowest BCUT2D eigenvalue weighted by Crippen LogP contribution is -2.54. The molecule has 284 valence electrons. The summed E-state index contributed by atoms with van der Waals surface area (Å²) in [6.45, 7) is 4.10. The Balaban J connectivity index is 1.09. The normalized spacial score (nSPS) is 18.4. The fourth-order valence-corrected chi connectivity index (χ4v) is 9.04. The van der Waals surface area contributed by atoms with Gasteiger partial charge in [-0.3, -0.25) is 14.9 Å². The predicted molar refractivity (Wildman–Crippen MR) is 224 cm³/mol. The van der Waals surface area contributed by atoms with Crippen LogP contribution in [-0.4, -0.2) is 38.0 Å². The van der Waals surface area contributed by atoms with Crippen LogP contribution in [0.2, 0.25) is 5.02 Å². The molecule has 2 atom stereocenters. The van der Waals surface area contributed by atoms with Crippen LogP contribution in [0.25, 0.3) is 16.8 Å². The van der Waals surface area contributed by atoms with Crippen molar-refractivity contribution >= 4 is 57.7 Å². The maximum atomic E-state index is 14.5. The Hall–Kier alpha value is -6.38. The first-order valence-corrected chi connectivity index (χ1v) is 19.6. The van der Waals surface area contributed by atoms with Gasteiger partial charge < -0.3 is 14.4 Å². The van der Waals surface area contributed by atoms with Gasteiger partial charge in [0.2, 0.25) is 0 Å². The number of aryl methyl sites for hydroxylation is 1. The molecule has 0 unspecified atom stereocenters. The summed E-state index contributed by atoms with van der Waals surface area (Å²) in [6.07, 6.45) is 3.22. The number of ether oxygens (including phenoxy) is 2. The molecule has 6 aromatic rings. The van der Waals surface area contributed by atoms with Gasteiger partial charge in [-0.1, -0.05) is 109 Å². The number of imide groups is 2. The van der Waals surface area contributed by atoms with Gasteiger partial charge in [-0.15, -0.1) is 0 Å². The summed E-state index contributed by atoms with van der Waals surface area (Å²) >= 11 is 6.83. The molecule has 9 rings (SSSR count). The Labute approximate surface area is 336 Å². The number of methoxy groups -OCH3 is 1. The first-order chi connectivity index (χ1) is 27.8. The molecule has 3 heterocycles. The zero-order valence-corrected chi connectivity index (χ0v) is 32.4. The monoisotopic (exact) mass is 773 g/mol. The van der Waals surface area contributed by atoms with Crippen LogP contribution in [0.3, 0.4) is 0 Å². The van der Waals surface area contributed by atoms with Gasteiger partial charge in [0.25, 0.3) is 11.8 Å². The van der Waals surface area contributed by atoms with Crippen LogP contribution in [0, 0.1) is 6.92 Å². The van der Waals surface area contributed by atoms with E-state index in [9.17, 15) is 14.4 Å². The topological polar surface area (TPSA) is 88.2 Å². The fourth-order valence-electron chi connectivity index (χ4n) is 8.77. The number of amides is 4. The lowest BCUT2D eigenvalue weighted by atomic mass is 9.76. The first-order valence-electron chi connectivity index (χ1n) is 19.2. The van der Waals surface area contributed by atoms with E-state index in [1.807, 2.05) is 67.6 Å². The number of rotatable bonds is 8. The number of halogens is 1. The van der Waals surface area contributed by atoms with Crippen LogP contribution in [0.5, 0.6) is 11.5 Å². The van der Waals surface area contributed by atoms with Gasteiger partial charge in [0, 0.05) is 36.2 Å². The van der Waals surface area contributed by atoms with Crippen LogP contribution < -0.4 is 24.6 Å². The van der Waals surface area contributed by atoms with Crippen molar-refractivity contribution in [3.63, 3.8) is 0 Å². The average Bonchev–Trinajstić information content (AvgIpc) is 3.23. The average molecular weight is 774 g/mol. The van der Waals surface area contributed by atoms with E-state index in [4.69, 9.17) is 21.1 Å². The zero-order chi connectivity index (χ0) is 39.2. The molecule has 0 radical (unpaired) electrons. The van der Waals surface area contributed by atoms with Crippen LogP contribution >= 0.6 is 11.6 Å². The molecule has 3 aliphatic heterocycles. The number of barbiturate groups is 1. The second kappa shape index (κ2) is 14.9. The van der Waals surface area contributed by atoms with Crippen molar-refractivity contribution in [3.8, 4) is 11.5 Å². The maximum Gasteiger partial charge on any atom is 0.335 e. The van der Waals surface area contributed by atoms with Gasteiger partial charge in [0.1, 0.15) is 12.2 Å². The van der Waals surface area contributed by atoms with Gasteiger partial charge in [0.15, 0.2) is 11.5 Å². The molecule has 1 saturated heterocycles. The number of nitrogens with zero attached hydrogens (tertiary/aromatic N) is 2. The highest BCUT2D eigenvalue weighted by Crippen LogP contribution is 2.50. The van der Waals surface area contributed by atoms with Crippen molar-refractivity contribution < 1.29 is 23.9 Å². The quantitative estimate of drug-likeness (QED) is 0.122. The van der Waals surface area contributed by atoms with Crippen LogP contribution in [0.15, 0.2) is 127 Å². The van der Waals surface area contributed by atoms with Gasteiger partial charge in [-0.2, -0.15) is 0 Å². The fraction of sp³-hybridized carbons (Fsp3) is 0.188. The number of benzene rings is 6. The summed E-state index contributed by atoms with van der Waals surface area (Å²) in [5, 5.41) is 4.86. The van der Waals surface area contributed by atoms with Gasteiger partial charge in [0.05, 0.1) is 17.8 Å². The van der Waals surface area contributed by atoms with Gasteiger partial charge in [-0.05, 0) is 94.3 Å². The van der Waals surface area contributed by atoms with Gasteiger partial charge >= 0.3 is 6.03 Å². The SMILES string of the molecule is COc1cc(/C=C2\C(=O)NC(=O)N(c3cc4c5c(c3)[C@H](c3ccccc3)CCN5CC[C@H]4c3ccccc3)C2=O)cc(Cl)c1OCc1c(C)ccc2ccccc12. The molecule has 0 bridgehead atoms. The second-order valence-corrected chi connectivity index (χ2v) is 15.2. The molecule has 8 nitrogen and oxygen atoms in total. The lowest BCUT2D eigenvalue weighted by Gasteiger charge is -2.44. The van der Waals surface area contributed by atoms with E-state index in [2.05, 4.69) is 58.7 Å². The largest absolute Gasteiger partial charge is 0.493 e. The van der Waals surface area contributed by atoms with E-state index < -0.39 is 17.8 Å². The molecule has 0 aliphatic carbocycles. The molecule has 3 aliphatic rings. The highest BCUT2D eigenvalue weighted by molar-refractivity contribution is 6.39. The second-order valence-electron chi connectivity index (χ2n) is 14.8. The molecule has 6 aromatic carbocycles. The summed E-state index contributed by atoms with van der Waals surface area (Å²) in [4.78, 5) is 45.2. The van der Waals surface area contributed by atoms with Gasteiger partial charge in [-0.25, -0.2) is 9.69 Å². The Bertz CT molecular complexity index is 2530. The van der Waals surface area contributed by atoms with E-state index in [0.29, 0.717) is 22.7 Å². The predicted octanol–water partition coefficient (Wildman–Crippen LogP) is 9.93. The maximum absolute atomic E-state index is 14.5. The third-order valence-corrected chi connectivity index (χ3v) is 11.8.